The number of nitrogens with one attached hydrogen (secondary N) is 1. The Labute approximate surface area is 143 Å². The number of likely N-dealkylation sites (N-methyl/N-ethyl adjacent to an activating group) is 1. The zero-order valence-corrected chi connectivity index (χ0v) is 14.3. The summed E-state index contributed by atoms with van der Waals surface area (Å²) in [5.74, 6) is 0.499. The third-order valence-electron chi connectivity index (χ3n) is 3.02. The molecule has 2 rings (SSSR count). The minimum atomic E-state index is 0.104. The maximum Gasteiger partial charge on any atom is 0.161 e. The van der Waals surface area contributed by atoms with Gasteiger partial charge in [-0.1, -0.05) is 41.9 Å². The lowest BCUT2D eigenvalue weighted by atomic mass is 10.2. The summed E-state index contributed by atoms with van der Waals surface area (Å²) in [4.78, 5) is 0. The lowest BCUT2D eigenvalue weighted by Gasteiger charge is -2.03. The van der Waals surface area contributed by atoms with Gasteiger partial charge in [0.2, 0.25) is 0 Å². The molecule has 0 spiro atoms. The van der Waals surface area contributed by atoms with Gasteiger partial charge in [-0.15, -0.1) is 0 Å². The Morgan fingerprint density at radius 1 is 1.09 bits per heavy atom. The van der Waals surface area contributed by atoms with Gasteiger partial charge < -0.3 is 19.9 Å². The van der Waals surface area contributed by atoms with E-state index in [1.54, 1.807) is 12.1 Å². The number of rotatable bonds is 7. The molecule has 0 amide bonds. The van der Waals surface area contributed by atoms with Crippen LogP contribution in [-0.4, -0.2) is 39.0 Å². The van der Waals surface area contributed by atoms with E-state index in [9.17, 15) is 0 Å². The fourth-order valence-electron chi connectivity index (χ4n) is 1.76. The van der Waals surface area contributed by atoms with E-state index in [4.69, 9.17) is 26.2 Å². The van der Waals surface area contributed by atoms with E-state index in [1.807, 2.05) is 13.1 Å². The zero-order chi connectivity index (χ0) is 16.9. The third kappa shape index (κ3) is 8.45. The number of ether oxygens (including phenoxy) is 2. The summed E-state index contributed by atoms with van der Waals surface area (Å²) < 4.78 is 10.2. The maximum absolute atomic E-state index is 9.05. The Bertz CT molecular complexity index is 549. The van der Waals surface area contributed by atoms with Crippen molar-refractivity contribution in [3.05, 3.63) is 59.1 Å². The van der Waals surface area contributed by atoms with Gasteiger partial charge >= 0.3 is 0 Å². The monoisotopic (exact) mass is 337 g/mol. The van der Waals surface area contributed by atoms with Crippen LogP contribution in [0.4, 0.5) is 0 Å². The molecule has 0 saturated carbocycles. The molecular formula is C18H24ClNO3. The van der Waals surface area contributed by atoms with Crippen molar-refractivity contribution in [2.45, 2.75) is 6.42 Å². The second-order valence-electron chi connectivity index (χ2n) is 4.77. The van der Waals surface area contributed by atoms with Gasteiger partial charge in [-0.3, -0.25) is 0 Å². The lowest BCUT2D eigenvalue weighted by molar-refractivity contribution is 0.140. The van der Waals surface area contributed by atoms with Crippen LogP contribution in [-0.2, 0) is 11.2 Å². The van der Waals surface area contributed by atoms with Crippen molar-refractivity contribution in [2.75, 3.05) is 33.9 Å². The smallest absolute Gasteiger partial charge is 0.161 e. The normalized spacial score (nSPS) is 9.87. The average molecular weight is 338 g/mol. The molecule has 0 radical (unpaired) electrons. The van der Waals surface area contributed by atoms with E-state index in [0.29, 0.717) is 10.8 Å². The highest BCUT2D eigenvalue weighted by molar-refractivity contribution is 6.30. The molecule has 0 aliphatic heterocycles. The first-order chi connectivity index (χ1) is 11.2. The van der Waals surface area contributed by atoms with Gasteiger partial charge in [0, 0.05) is 17.6 Å². The molecule has 0 heterocycles. The van der Waals surface area contributed by atoms with Gasteiger partial charge in [-0.05, 0) is 31.2 Å². The van der Waals surface area contributed by atoms with Crippen LogP contribution in [0.1, 0.15) is 5.56 Å². The van der Waals surface area contributed by atoms with E-state index < -0.39 is 0 Å². The summed E-state index contributed by atoms with van der Waals surface area (Å²) in [6, 6.07) is 15.0. The van der Waals surface area contributed by atoms with Crippen LogP contribution >= 0.6 is 11.6 Å². The van der Waals surface area contributed by atoms with Crippen LogP contribution in [0.25, 0.3) is 0 Å². The summed E-state index contributed by atoms with van der Waals surface area (Å²) in [5.41, 5.74) is 1.34. The van der Waals surface area contributed by atoms with Crippen LogP contribution in [0.15, 0.2) is 48.5 Å². The molecule has 0 aliphatic rings. The van der Waals surface area contributed by atoms with E-state index in [-0.39, 0.29) is 5.75 Å². The molecular weight excluding hydrogens is 314 g/mol. The Hall–Kier alpha value is -1.75. The van der Waals surface area contributed by atoms with Crippen molar-refractivity contribution in [1.29, 1.82) is 0 Å². The highest BCUT2D eigenvalue weighted by atomic mass is 35.5. The highest BCUT2D eigenvalue weighted by Crippen LogP contribution is 2.27. The van der Waals surface area contributed by atoms with Crippen LogP contribution in [0, 0.1) is 0 Å². The Morgan fingerprint density at radius 3 is 2.43 bits per heavy atom. The molecule has 2 aromatic rings. The first-order valence-corrected chi connectivity index (χ1v) is 7.84. The van der Waals surface area contributed by atoms with Crippen molar-refractivity contribution in [3.63, 3.8) is 0 Å². The van der Waals surface area contributed by atoms with Crippen LogP contribution < -0.4 is 10.1 Å². The third-order valence-corrected chi connectivity index (χ3v) is 3.25. The molecule has 0 saturated heterocycles. The molecule has 4 nitrogen and oxygen atoms in total. The molecule has 23 heavy (non-hydrogen) atoms. The van der Waals surface area contributed by atoms with Crippen LogP contribution in [0.2, 0.25) is 5.02 Å². The zero-order valence-electron chi connectivity index (χ0n) is 13.6. The quantitative estimate of drug-likeness (QED) is 0.759. The van der Waals surface area contributed by atoms with E-state index in [0.717, 1.165) is 26.2 Å². The Balaban J connectivity index is 0.000000238. The van der Waals surface area contributed by atoms with E-state index >= 15 is 0 Å². The number of benzene rings is 2. The molecule has 0 bridgehead atoms. The largest absolute Gasteiger partial charge is 0.504 e. The molecule has 0 aliphatic carbocycles. The first-order valence-electron chi connectivity index (χ1n) is 7.46. The van der Waals surface area contributed by atoms with Crippen molar-refractivity contribution >= 4 is 11.6 Å². The van der Waals surface area contributed by atoms with Gasteiger partial charge in [-0.2, -0.15) is 0 Å². The number of aromatic hydroxyl groups is 1. The predicted molar refractivity (Wildman–Crippen MR) is 94.6 cm³/mol. The van der Waals surface area contributed by atoms with Crippen molar-refractivity contribution in [3.8, 4) is 11.5 Å². The number of halogens is 1. The number of hydrogen-bond donors (Lipinski definition) is 2. The molecule has 0 atom stereocenters. The second kappa shape index (κ2) is 11.8. The fraction of sp³-hybridized carbons (Fsp3) is 0.333. The summed E-state index contributed by atoms with van der Waals surface area (Å²) >= 11 is 5.60. The Morgan fingerprint density at radius 2 is 1.83 bits per heavy atom. The molecule has 0 fully saturated rings. The lowest BCUT2D eigenvalue weighted by Crippen LogP contribution is -2.15. The Kier molecular flexibility index (Phi) is 9.87. The van der Waals surface area contributed by atoms with Gasteiger partial charge in [-0.25, -0.2) is 0 Å². The van der Waals surface area contributed by atoms with Crippen molar-refractivity contribution < 1.29 is 14.6 Å². The second-order valence-corrected chi connectivity index (χ2v) is 5.20. The number of methoxy groups -OCH3 is 1. The highest BCUT2D eigenvalue weighted by Gasteiger charge is 1.99. The van der Waals surface area contributed by atoms with E-state index in [2.05, 4.69) is 29.6 Å². The molecule has 0 unspecified atom stereocenters. The minimum Gasteiger partial charge on any atom is -0.504 e. The fourth-order valence-corrected chi connectivity index (χ4v) is 1.92. The molecule has 2 aromatic carbocycles. The van der Waals surface area contributed by atoms with Gasteiger partial charge in [0.05, 0.1) is 20.3 Å². The number of hydrogen-bond acceptors (Lipinski definition) is 4. The molecule has 0 aromatic heterocycles. The van der Waals surface area contributed by atoms with Crippen LogP contribution in [0.3, 0.4) is 0 Å². The van der Waals surface area contributed by atoms with Gasteiger partial charge in [0.25, 0.3) is 0 Å². The van der Waals surface area contributed by atoms with Gasteiger partial charge in [0.1, 0.15) is 0 Å². The standard InChI is InChI=1S/C11H17NO.C7H7ClO2/c1-12-8-10-13-9-7-11-5-3-2-4-6-11;1-10-7-4-5(8)2-3-6(7)9/h2-6,12H,7-10H2,1H3;2-4,9H,1H3. The van der Waals surface area contributed by atoms with Crippen molar-refractivity contribution in [1.82, 2.24) is 5.32 Å². The summed E-state index contributed by atoms with van der Waals surface area (Å²) in [6.45, 7) is 2.53. The summed E-state index contributed by atoms with van der Waals surface area (Å²) in [7, 11) is 3.41. The van der Waals surface area contributed by atoms with Gasteiger partial charge in [0.15, 0.2) is 11.5 Å². The van der Waals surface area contributed by atoms with Crippen LogP contribution in [0.5, 0.6) is 11.5 Å². The SMILES string of the molecule is CNCCOCCc1ccccc1.COc1cc(Cl)ccc1O. The average Bonchev–Trinajstić information content (AvgIpc) is 2.58. The number of phenolic OH excluding ortho intramolecular Hbond substituents is 1. The topological polar surface area (TPSA) is 50.7 Å². The first kappa shape index (κ1) is 19.3. The maximum atomic E-state index is 9.05. The minimum absolute atomic E-state index is 0.104. The number of phenols is 1. The molecule has 2 N–H and O–H groups in total. The predicted octanol–water partition coefficient (Wildman–Crippen LogP) is 3.52. The van der Waals surface area contributed by atoms with E-state index in [1.165, 1.54) is 18.7 Å². The summed E-state index contributed by atoms with van der Waals surface area (Å²) in [6.07, 6.45) is 1.00. The molecule has 126 valence electrons. The summed E-state index contributed by atoms with van der Waals surface area (Å²) in [5, 5.41) is 12.6. The molecule has 5 heteroatoms. The van der Waals surface area contributed by atoms with Crippen molar-refractivity contribution in [2.24, 2.45) is 0 Å².